The van der Waals surface area contributed by atoms with Crippen LogP contribution in [0.3, 0.4) is 0 Å². The maximum atomic E-state index is 13.3. The van der Waals surface area contributed by atoms with Gasteiger partial charge in [0.15, 0.2) is 0 Å². The van der Waals surface area contributed by atoms with E-state index in [1.54, 1.807) is 18.2 Å². The van der Waals surface area contributed by atoms with Crippen LogP contribution < -0.4 is 4.74 Å². The topological polar surface area (TPSA) is 143 Å². The number of ether oxygens (including phenoxy) is 4. The van der Waals surface area contributed by atoms with Crippen molar-refractivity contribution < 1.29 is 28.5 Å². The van der Waals surface area contributed by atoms with Gasteiger partial charge < -0.3 is 18.9 Å². The monoisotopic (exact) mass is 596 g/mol. The third kappa shape index (κ3) is 6.24. The van der Waals surface area contributed by atoms with E-state index in [1.165, 1.54) is 14.0 Å². The van der Waals surface area contributed by atoms with Crippen molar-refractivity contribution in [1.29, 1.82) is 0 Å². The molecule has 0 amide bonds. The van der Waals surface area contributed by atoms with E-state index in [2.05, 4.69) is 25.6 Å². The van der Waals surface area contributed by atoms with Crippen LogP contribution in [-0.2, 0) is 20.8 Å². The maximum absolute atomic E-state index is 13.3. The predicted octanol–water partition coefficient (Wildman–Crippen LogP) is 5.93. The lowest BCUT2D eigenvalue weighted by molar-refractivity contribution is -0.0914. The number of hydrogen-bond acceptors (Lipinski definition) is 10. The maximum Gasteiger partial charge on any atom is 0.511 e. The van der Waals surface area contributed by atoms with E-state index in [4.69, 9.17) is 18.9 Å². The molecule has 1 N–H and O–H groups in total. The van der Waals surface area contributed by atoms with E-state index in [9.17, 15) is 9.59 Å². The fourth-order valence-electron chi connectivity index (χ4n) is 5.53. The number of hydrogen-bond donors (Lipinski definition) is 1. The summed E-state index contributed by atoms with van der Waals surface area (Å²) in [6.07, 6.45) is 2.65. The number of nitrogens with zero attached hydrogens (tertiary/aromatic N) is 5. The number of imidazole rings is 1. The van der Waals surface area contributed by atoms with Crippen LogP contribution in [0.1, 0.15) is 54.9 Å². The minimum absolute atomic E-state index is 0.163. The highest BCUT2D eigenvalue weighted by Gasteiger charge is 2.25. The van der Waals surface area contributed by atoms with E-state index in [1.807, 2.05) is 53.1 Å². The molecule has 6 rings (SSSR count). The van der Waals surface area contributed by atoms with Gasteiger partial charge in [0.1, 0.15) is 6.10 Å². The molecule has 12 nitrogen and oxygen atoms in total. The van der Waals surface area contributed by atoms with Gasteiger partial charge in [-0.2, -0.15) is 10.2 Å². The molecule has 226 valence electrons. The lowest BCUT2D eigenvalue weighted by atomic mass is 9.98. The molecule has 1 aliphatic carbocycles. The van der Waals surface area contributed by atoms with Crippen LogP contribution in [-0.4, -0.2) is 61.8 Å². The van der Waals surface area contributed by atoms with E-state index < -0.39 is 18.4 Å². The number of aromatic nitrogens is 6. The number of carbonyl (C=O) groups is 2. The van der Waals surface area contributed by atoms with Crippen LogP contribution >= 0.6 is 0 Å². The first kappa shape index (κ1) is 28.8. The van der Waals surface area contributed by atoms with Gasteiger partial charge in [0, 0.05) is 12.5 Å². The van der Waals surface area contributed by atoms with E-state index in [-0.39, 0.29) is 11.7 Å². The molecule has 3 aromatic carbocycles. The van der Waals surface area contributed by atoms with Crippen molar-refractivity contribution in [3.05, 3.63) is 77.9 Å². The van der Waals surface area contributed by atoms with Gasteiger partial charge in [-0.15, -0.1) is 10.2 Å². The quantitative estimate of drug-likeness (QED) is 0.161. The van der Waals surface area contributed by atoms with E-state index in [0.29, 0.717) is 29.4 Å². The number of rotatable bonds is 9. The molecular formula is C32H32N6O6. The van der Waals surface area contributed by atoms with Crippen molar-refractivity contribution in [2.75, 3.05) is 7.11 Å². The minimum Gasteiger partial charge on any atom is -0.468 e. The van der Waals surface area contributed by atoms with Crippen LogP contribution in [0.4, 0.5) is 4.79 Å². The Morgan fingerprint density at radius 1 is 0.955 bits per heavy atom. The standard InChI is InChI=1S/C32H32N6O6/c1-20(43-32(40)44-23-9-4-3-5-10-23)42-30(39)26-13-8-14-27-28(26)38(31(33-27)41-2)19-21-15-17-22(18-16-21)24-11-6-7-12-25(24)29-34-36-37-35-29/h6-8,11-18,20,23H,3-5,9-10,19H2,1-2H3,(H,34,35,36,37). The highest BCUT2D eigenvalue weighted by Crippen LogP contribution is 2.31. The Kier molecular flexibility index (Phi) is 8.48. The molecule has 12 heteroatoms. The Morgan fingerprint density at radius 2 is 1.73 bits per heavy atom. The van der Waals surface area contributed by atoms with Crippen LogP contribution in [0.2, 0.25) is 0 Å². The van der Waals surface area contributed by atoms with Crippen LogP contribution in [0.5, 0.6) is 6.01 Å². The van der Waals surface area contributed by atoms with Crippen LogP contribution in [0.25, 0.3) is 33.5 Å². The normalized spacial score (nSPS) is 14.2. The first-order valence-electron chi connectivity index (χ1n) is 14.5. The van der Waals surface area contributed by atoms with Gasteiger partial charge in [-0.1, -0.05) is 61.0 Å². The molecule has 2 aromatic heterocycles. The first-order chi connectivity index (χ1) is 21.5. The van der Waals surface area contributed by atoms with Crippen molar-refractivity contribution in [2.45, 2.75) is 58.0 Å². The molecule has 0 radical (unpaired) electrons. The molecule has 1 saturated carbocycles. The largest absolute Gasteiger partial charge is 0.511 e. The Hall–Kier alpha value is -5.26. The van der Waals surface area contributed by atoms with Gasteiger partial charge in [-0.3, -0.25) is 4.57 Å². The summed E-state index contributed by atoms with van der Waals surface area (Å²) in [4.78, 5) is 30.2. The zero-order chi connectivity index (χ0) is 30.5. The number of aromatic amines is 1. The van der Waals surface area contributed by atoms with Crippen molar-refractivity contribution >= 4 is 23.2 Å². The smallest absolute Gasteiger partial charge is 0.468 e. The van der Waals surface area contributed by atoms with Crippen LogP contribution in [0, 0.1) is 0 Å². The molecule has 1 unspecified atom stereocenters. The highest BCUT2D eigenvalue weighted by molar-refractivity contribution is 6.02. The van der Waals surface area contributed by atoms with Gasteiger partial charge in [-0.25, -0.2) is 9.59 Å². The fourth-order valence-corrected chi connectivity index (χ4v) is 5.53. The number of esters is 1. The van der Waals surface area contributed by atoms with Gasteiger partial charge in [-0.05, 0) is 59.7 Å². The molecule has 0 spiro atoms. The third-order valence-electron chi connectivity index (χ3n) is 7.60. The van der Waals surface area contributed by atoms with Gasteiger partial charge in [0.05, 0.1) is 30.3 Å². The molecule has 0 aliphatic heterocycles. The summed E-state index contributed by atoms with van der Waals surface area (Å²) in [5, 5.41) is 14.4. The summed E-state index contributed by atoms with van der Waals surface area (Å²) in [6, 6.07) is 21.4. The molecule has 0 saturated heterocycles. The fraction of sp³-hybridized carbons (Fsp3) is 0.312. The summed E-state index contributed by atoms with van der Waals surface area (Å²) < 4.78 is 23.5. The Bertz CT molecular complexity index is 1750. The average molecular weight is 597 g/mol. The summed E-state index contributed by atoms with van der Waals surface area (Å²) >= 11 is 0. The third-order valence-corrected chi connectivity index (χ3v) is 7.60. The lowest BCUT2D eigenvalue weighted by Crippen LogP contribution is -2.26. The summed E-state index contributed by atoms with van der Waals surface area (Å²) in [7, 11) is 1.53. The van der Waals surface area contributed by atoms with Gasteiger partial charge in [0.25, 0.3) is 6.01 Å². The van der Waals surface area contributed by atoms with E-state index in [0.717, 1.165) is 54.4 Å². The number of nitrogens with one attached hydrogen (secondary N) is 1. The number of methoxy groups -OCH3 is 1. The van der Waals surface area contributed by atoms with Crippen molar-refractivity contribution in [1.82, 2.24) is 30.2 Å². The Balaban J connectivity index is 1.21. The molecule has 1 atom stereocenters. The van der Waals surface area contributed by atoms with Crippen LogP contribution in [0.15, 0.2) is 66.7 Å². The number of H-pyrrole nitrogens is 1. The molecule has 1 fully saturated rings. The Morgan fingerprint density at radius 3 is 2.45 bits per heavy atom. The van der Waals surface area contributed by atoms with Crippen molar-refractivity contribution in [3.8, 4) is 28.5 Å². The predicted molar refractivity (Wildman–Crippen MR) is 160 cm³/mol. The second-order valence-electron chi connectivity index (χ2n) is 10.6. The molecule has 0 bridgehead atoms. The second kappa shape index (κ2) is 12.9. The van der Waals surface area contributed by atoms with Crippen molar-refractivity contribution in [2.24, 2.45) is 0 Å². The molecule has 1 aliphatic rings. The summed E-state index contributed by atoms with van der Waals surface area (Å²) in [6.45, 7) is 1.85. The number of tetrazole rings is 1. The van der Waals surface area contributed by atoms with Gasteiger partial charge >= 0.3 is 12.1 Å². The molecule has 5 aromatic rings. The summed E-state index contributed by atoms with van der Waals surface area (Å²) in [5.74, 6) is -0.148. The minimum atomic E-state index is -1.14. The number of carbonyl (C=O) groups excluding carboxylic acids is 2. The number of fused-ring (bicyclic) bond motifs is 1. The zero-order valence-electron chi connectivity index (χ0n) is 24.4. The van der Waals surface area contributed by atoms with Crippen molar-refractivity contribution in [3.63, 3.8) is 0 Å². The zero-order valence-corrected chi connectivity index (χ0v) is 24.4. The van der Waals surface area contributed by atoms with E-state index >= 15 is 0 Å². The van der Waals surface area contributed by atoms with Gasteiger partial charge in [0.2, 0.25) is 12.1 Å². The Labute approximate surface area is 253 Å². The number of para-hydroxylation sites is 1. The lowest BCUT2D eigenvalue weighted by Gasteiger charge is -2.22. The highest BCUT2D eigenvalue weighted by atomic mass is 16.8. The molecular weight excluding hydrogens is 564 g/mol. The number of benzene rings is 3. The summed E-state index contributed by atoms with van der Waals surface area (Å²) in [5.41, 5.74) is 5.13. The average Bonchev–Trinajstić information content (AvgIpc) is 3.70. The SMILES string of the molecule is COc1nc2cccc(C(=O)OC(C)OC(=O)OC3CCCCC3)c2n1Cc1ccc(-c2ccccc2-c2nn[nH]n2)cc1. The molecule has 44 heavy (non-hydrogen) atoms. The second-order valence-corrected chi connectivity index (χ2v) is 10.6. The molecule has 2 heterocycles. The first-order valence-corrected chi connectivity index (χ1v) is 14.5.